The SMILES string of the molecule is COCC(C)n1cc(C)nc1Nc1cc(Br)ccc1Cl. The second-order valence-electron chi connectivity index (χ2n) is 4.67. The predicted octanol–water partition coefficient (Wildman–Crippen LogP) is 4.56. The normalized spacial score (nSPS) is 12.4. The van der Waals surface area contributed by atoms with Gasteiger partial charge in [0, 0.05) is 17.8 Å². The van der Waals surface area contributed by atoms with Gasteiger partial charge in [0.05, 0.1) is 29.1 Å². The lowest BCUT2D eigenvalue weighted by Gasteiger charge is -2.16. The third kappa shape index (κ3) is 3.53. The first-order chi connectivity index (χ1) is 9.51. The summed E-state index contributed by atoms with van der Waals surface area (Å²) in [5.74, 6) is 0.757. The summed E-state index contributed by atoms with van der Waals surface area (Å²) < 4.78 is 8.22. The Morgan fingerprint density at radius 1 is 1.50 bits per heavy atom. The molecule has 0 radical (unpaired) electrons. The van der Waals surface area contributed by atoms with Crippen molar-refractivity contribution < 1.29 is 4.74 Å². The lowest BCUT2D eigenvalue weighted by molar-refractivity contribution is 0.163. The summed E-state index contributed by atoms with van der Waals surface area (Å²) in [6.07, 6.45) is 2.00. The van der Waals surface area contributed by atoms with Crippen LogP contribution in [0.5, 0.6) is 0 Å². The van der Waals surface area contributed by atoms with Crippen LogP contribution in [0.2, 0.25) is 5.02 Å². The number of imidazole rings is 1. The molecule has 0 saturated carbocycles. The third-order valence-electron chi connectivity index (χ3n) is 2.91. The number of hydrogen-bond acceptors (Lipinski definition) is 3. The highest BCUT2D eigenvalue weighted by atomic mass is 79.9. The minimum Gasteiger partial charge on any atom is -0.383 e. The number of rotatable bonds is 5. The molecule has 0 aliphatic rings. The molecule has 4 nitrogen and oxygen atoms in total. The Morgan fingerprint density at radius 3 is 2.95 bits per heavy atom. The van der Waals surface area contributed by atoms with Crippen LogP contribution in [0.15, 0.2) is 28.9 Å². The van der Waals surface area contributed by atoms with Gasteiger partial charge in [-0.1, -0.05) is 27.5 Å². The van der Waals surface area contributed by atoms with Gasteiger partial charge in [-0.3, -0.25) is 0 Å². The zero-order chi connectivity index (χ0) is 14.7. The maximum absolute atomic E-state index is 6.20. The summed E-state index contributed by atoms with van der Waals surface area (Å²) in [6, 6.07) is 5.86. The fourth-order valence-corrected chi connectivity index (χ4v) is 2.51. The van der Waals surface area contributed by atoms with Crippen LogP contribution in [0.25, 0.3) is 0 Å². The molecule has 0 aliphatic carbocycles. The maximum atomic E-state index is 6.20. The molecule has 1 unspecified atom stereocenters. The van der Waals surface area contributed by atoms with Gasteiger partial charge in [0.25, 0.3) is 0 Å². The third-order valence-corrected chi connectivity index (χ3v) is 3.73. The molecule has 0 spiro atoms. The highest BCUT2D eigenvalue weighted by molar-refractivity contribution is 9.10. The van der Waals surface area contributed by atoms with Crippen molar-refractivity contribution >= 4 is 39.2 Å². The van der Waals surface area contributed by atoms with Gasteiger partial charge in [0.1, 0.15) is 0 Å². The van der Waals surface area contributed by atoms with Gasteiger partial charge in [0.15, 0.2) is 0 Å². The highest BCUT2D eigenvalue weighted by Gasteiger charge is 2.13. The fourth-order valence-electron chi connectivity index (χ4n) is 1.98. The van der Waals surface area contributed by atoms with Crippen LogP contribution in [-0.4, -0.2) is 23.3 Å². The summed E-state index contributed by atoms with van der Waals surface area (Å²) in [5, 5.41) is 3.93. The Hall–Kier alpha value is -1.04. The Labute approximate surface area is 132 Å². The van der Waals surface area contributed by atoms with Crippen LogP contribution in [0.1, 0.15) is 18.7 Å². The predicted molar refractivity (Wildman–Crippen MR) is 86.0 cm³/mol. The lowest BCUT2D eigenvalue weighted by atomic mass is 10.3. The molecule has 1 heterocycles. The molecule has 0 fully saturated rings. The van der Waals surface area contributed by atoms with Gasteiger partial charge in [-0.2, -0.15) is 0 Å². The van der Waals surface area contributed by atoms with Crippen molar-refractivity contribution in [2.75, 3.05) is 19.0 Å². The van der Waals surface area contributed by atoms with Gasteiger partial charge in [-0.15, -0.1) is 0 Å². The van der Waals surface area contributed by atoms with E-state index in [1.165, 1.54) is 0 Å². The van der Waals surface area contributed by atoms with Crippen molar-refractivity contribution in [1.29, 1.82) is 0 Å². The summed E-state index contributed by atoms with van der Waals surface area (Å²) in [4.78, 5) is 4.50. The highest BCUT2D eigenvalue weighted by Crippen LogP contribution is 2.29. The molecule has 1 aromatic carbocycles. The number of hydrogen-bond donors (Lipinski definition) is 1. The number of halogens is 2. The zero-order valence-corrected chi connectivity index (χ0v) is 14.0. The Bertz CT molecular complexity index is 600. The summed E-state index contributed by atoms with van der Waals surface area (Å²) >= 11 is 9.64. The van der Waals surface area contributed by atoms with E-state index in [0.717, 1.165) is 21.8 Å². The fraction of sp³-hybridized carbons (Fsp3) is 0.357. The average Bonchev–Trinajstić information content (AvgIpc) is 2.75. The van der Waals surface area contributed by atoms with Gasteiger partial charge < -0.3 is 14.6 Å². The first-order valence-electron chi connectivity index (χ1n) is 6.27. The van der Waals surface area contributed by atoms with Crippen molar-refractivity contribution in [3.8, 4) is 0 Å². The molecule has 0 amide bonds. The van der Waals surface area contributed by atoms with E-state index in [0.29, 0.717) is 11.6 Å². The van der Waals surface area contributed by atoms with Crippen molar-refractivity contribution in [2.24, 2.45) is 0 Å². The molecular formula is C14H17BrClN3O. The molecular weight excluding hydrogens is 342 g/mol. The van der Waals surface area contributed by atoms with Crippen molar-refractivity contribution in [3.63, 3.8) is 0 Å². The molecule has 2 aromatic rings. The second kappa shape index (κ2) is 6.61. The van der Waals surface area contributed by atoms with E-state index in [-0.39, 0.29) is 6.04 Å². The van der Waals surface area contributed by atoms with Crippen LogP contribution in [0.3, 0.4) is 0 Å². The molecule has 0 bridgehead atoms. The van der Waals surface area contributed by atoms with Crippen LogP contribution >= 0.6 is 27.5 Å². The maximum Gasteiger partial charge on any atom is 0.207 e. The number of anilines is 2. The molecule has 1 atom stereocenters. The van der Waals surface area contributed by atoms with E-state index < -0.39 is 0 Å². The molecule has 108 valence electrons. The summed E-state index contributed by atoms with van der Waals surface area (Å²) in [7, 11) is 1.69. The minimum absolute atomic E-state index is 0.189. The largest absolute Gasteiger partial charge is 0.383 e. The Kier molecular flexibility index (Phi) is 5.07. The smallest absolute Gasteiger partial charge is 0.207 e. The summed E-state index contributed by atoms with van der Waals surface area (Å²) in [5.41, 5.74) is 1.76. The van der Waals surface area contributed by atoms with Gasteiger partial charge in [-0.25, -0.2) is 4.98 Å². The van der Waals surface area contributed by atoms with Gasteiger partial charge in [0.2, 0.25) is 5.95 Å². The first kappa shape index (κ1) is 15.4. The lowest BCUT2D eigenvalue weighted by Crippen LogP contribution is -2.12. The van der Waals surface area contributed by atoms with E-state index in [1.54, 1.807) is 7.11 Å². The van der Waals surface area contributed by atoms with Crippen molar-refractivity contribution in [3.05, 3.63) is 39.6 Å². The molecule has 6 heteroatoms. The van der Waals surface area contributed by atoms with Crippen LogP contribution < -0.4 is 5.32 Å². The topological polar surface area (TPSA) is 39.1 Å². The van der Waals surface area contributed by atoms with Gasteiger partial charge >= 0.3 is 0 Å². The molecule has 0 aliphatic heterocycles. The molecule has 1 aromatic heterocycles. The van der Waals surface area contributed by atoms with E-state index in [4.69, 9.17) is 16.3 Å². The molecule has 1 N–H and O–H groups in total. The number of nitrogens with one attached hydrogen (secondary N) is 1. The Balaban J connectivity index is 2.31. The van der Waals surface area contributed by atoms with E-state index in [2.05, 4.69) is 37.7 Å². The zero-order valence-electron chi connectivity index (χ0n) is 11.7. The second-order valence-corrected chi connectivity index (χ2v) is 5.99. The van der Waals surface area contributed by atoms with Gasteiger partial charge in [-0.05, 0) is 32.0 Å². The van der Waals surface area contributed by atoms with Crippen LogP contribution in [0, 0.1) is 6.92 Å². The molecule has 2 rings (SSSR count). The number of nitrogens with zero attached hydrogens (tertiary/aromatic N) is 2. The number of ether oxygens (including phenoxy) is 1. The van der Waals surface area contributed by atoms with E-state index in [1.807, 2.05) is 31.3 Å². The van der Waals surface area contributed by atoms with Crippen molar-refractivity contribution in [2.45, 2.75) is 19.9 Å². The molecule has 20 heavy (non-hydrogen) atoms. The Morgan fingerprint density at radius 2 is 2.25 bits per heavy atom. The number of methoxy groups -OCH3 is 1. The quantitative estimate of drug-likeness (QED) is 0.851. The number of aromatic nitrogens is 2. The first-order valence-corrected chi connectivity index (χ1v) is 7.45. The summed E-state index contributed by atoms with van der Waals surface area (Å²) in [6.45, 7) is 4.67. The monoisotopic (exact) mass is 357 g/mol. The van der Waals surface area contributed by atoms with Crippen molar-refractivity contribution in [1.82, 2.24) is 9.55 Å². The molecule has 0 saturated heterocycles. The average molecular weight is 359 g/mol. The standard InChI is InChI=1S/C14H17BrClN3O/c1-9-7-19(10(2)8-20-3)14(17-9)18-13-6-11(15)4-5-12(13)16/h4-7,10H,8H2,1-3H3,(H,17,18). The van der Waals surface area contributed by atoms with Crippen LogP contribution in [-0.2, 0) is 4.74 Å². The minimum atomic E-state index is 0.189. The number of benzene rings is 1. The van der Waals surface area contributed by atoms with E-state index >= 15 is 0 Å². The van der Waals surface area contributed by atoms with E-state index in [9.17, 15) is 0 Å². The number of aryl methyl sites for hydroxylation is 1. The van der Waals surface area contributed by atoms with Crippen LogP contribution in [0.4, 0.5) is 11.6 Å².